The molecule has 2 heterocycles. The summed E-state index contributed by atoms with van der Waals surface area (Å²) in [6, 6.07) is 14.8. The zero-order valence-corrected chi connectivity index (χ0v) is 24.7. The van der Waals surface area contributed by atoms with Crippen LogP contribution in [0, 0.1) is 11.3 Å². The predicted molar refractivity (Wildman–Crippen MR) is 162 cm³/mol. The van der Waals surface area contributed by atoms with Gasteiger partial charge in [0, 0.05) is 18.5 Å². The minimum Gasteiger partial charge on any atom is -0.343 e. The molecule has 0 spiro atoms. The average Bonchev–Trinajstić information content (AvgIpc) is 3.07. The van der Waals surface area contributed by atoms with Crippen molar-refractivity contribution in [3.8, 4) is 0 Å². The van der Waals surface area contributed by atoms with Gasteiger partial charge in [-0.25, -0.2) is 0 Å². The van der Waals surface area contributed by atoms with Gasteiger partial charge in [0.05, 0.1) is 29.2 Å². The fraction of sp³-hybridized carbons (Fsp3) is 0.545. The molecule has 0 aromatic heterocycles. The van der Waals surface area contributed by atoms with E-state index in [0.717, 1.165) is 64.7 Å². The Morgan fingerprint density at radius 2 is 1.65 bits per heavy atom. The van der Waals surface area contributed by atoms with Crippen LogP contribution in [0.4, 0.5) is 17.1 Å². The third kappa shape index (κ3) is 6.92. The van der Waals surface area contributed by atoms with E-state index in [1.165, 1.54) is 6.42 Å². The zero-order valence-electron chi connectivity index (χ0n) is 24.7. The number of likely N-dealkylation sites (tertiary alicyclic amines) is 1. The number of unbranched alkanes of at least 4 members (excludes halogenated alkanes) is 1. The smallest absolute Gasteiger partial charge is 0.257 e. The number of amides is 3. The molecule has 2 aliphatic rings. The van der Waals surface area contributed by atoms with Crippen molar-refractivity contribution in [1.29, 1.82) is 0 Å². The van der Waals surface area contributed by atoms with Gasteiger partial charge in [0.25, 0.3) is 5.91 Å². The summed E-state index contributed by atoms with van der Waals surface area (Å²) in [6.45, 7) is 12.1. The van der Waals surface area contributed by atoms with E-state index in [9.17, 15) is 14.4 Å². The molecular weight excluding hydrogens is 500 g/mol. The summed E-state index contributed by atoms with van der Waals surface area (Å²) in [5, 5.41) is 2.96. The van der Waals surface area contributed by atoms with Gasteiger partial charge in [-0.2, -0.15) is 0 Å². The van der Waals surface area contributed by atoms with E-state index in [-0.39, 0.29) is 23.1 Å². The predicted octanol–water partition coefficient (Wildman–Crippen LogP) is 6.47. The number of piperidine rings is 1. The molecule has 7 nitrogen and oxygen atoms in total. The molecule has 0 bridgehead atoms. The summed E-state index contributed by atoms with van der Waals surface area (Å²) in [6.07, 6.45) is 7.46. The van der Waals surface area contributed by atoms with Crippen molar-refractivity contribution >= 4 is 34.8 Å². The Kier molecular flexibility index (Phi) is 10.0. The van der Waals surface area contributed by atoms with Crippen molar-refractivity contribution in [1.82, 2.24) is 9.80 Å². The minimum absolute atomic E-state index is 0.0230. The van der Waals surface area contributed by atoms with Crippen molar-refractivity contribution < 1.29 is 14.4 Å². The number of benzene rings is 2. The SMILES string of the molecule is CCCC(C)(C)C(=O)N(CC)CCCCC1CCN(CC(=O)N2c3ccccc3NC(=O)c3ccccc32)CC1. The highest BCUT2D eigenvalue weighted by Crippen LogP contribution is 2.38. The molecule has 4 rings (SSSR count). The number of fused-ring (bicyclic) bond motifs is 2. The van der Waals surface area contributed by atoms with E-state index >= 15 is 0 Å². The highest BCUT2D eigenvalue weighted by Gasteiger charge is 2.32. The molecule has 0 radical (unpaired) electrons. The first-order valence-corrected chi connectivity index (χ1v) is 15.1. The standard InChI is InChI=1S/C33H46N4O3/c1-5-20-33(3,4)32(40)36(6-2)21-12-11-13-25-18-22-35(23-19-25)24-30(38)37-28-16-9-7-14-26(28)31(39)34-27-15-8-10-17-29(27)37/h7-10,14-17,25H,5-6,11-13,18-24H2,1-4H3,(H,34,39). The Bertz CT molecular complexity index is 1190. The first kappa shape index (κ1) is 29.8. The lowest BCUT2D eigenvalue weighted by atomic mass is 9.86. The monoisotopic (exact) mass is 546 g/mol. The normalized spacial score (nSPS) is 16.1. The second kappa shape index (κ2) is 13.4. The van der Waals surface area contributed by atoms with Gasteiger partial charge in [-0.1, -0.05) is 64.3 Å². The molecule has 2 aromatic rings. The molecule has 1 saturated heterocycles. The third-order valence-electron chi connectivity index (χ3n) is 8.51. The fourth-order valence-corrected chi connectivity index (χ4v) is 6.22. The Balaban J connectivity index is 1.28. The summed E-state index contributed by atoms with van der Waals surface area (Å²) < 4.78 is 0. The molecule has 0 atom stereocenters. The van der Waals surface area contributed by atoms with Gasteiger partial charge in [-0.3, -0.25) is 24.2 Å². The van der Waals surface area contributed by atoms with Gasteiger partial charge >= 0.3 is 0 Å². The molecule has 1 N–H and O–H groups in total. The molecule has 7 heteroatoms. The molecule has 0 saturated carbocycles. The van der Waals surface area contributed by atoms with Crippen LogP contribution in [0.2, 0.25) is 0 Å². The molecule has 216 valence electrons. The van der Waals surface area contributed by atoms with Crippen molar-refractivity contribution in [3.05, 3.63) is 54.1 Å². The lowest BCUT2D eigenvalue weighted by molar-refractivity contribution is -0.140. The Morgan fingerprint density at radius 1 is 0.975 bits per heavy atom. The molecule has 0 unspecified atom stereocenters. The maximum absolute atomic E-state index is 13.7. The molecular formula is C33H46N4O3. The van der Waals surface area contributed by atoms with Gasteiger partial charge in [-0.05, 0) is 75.9 Å². The van der Waals surface area contributed by atoms with E-state index in [1.807, 2.05) is 47.4 Å². The van der Waals surface area contributed by atoms with E-state index in [2.05, 4.69) is 37.9 Å². The van der Waals surface area contributed by atoms with Gasteiger partial charge in [0.2, 0.25) is 11.8 Å². The van der Waals surface area contributed by atoms with Crippen LogP contribution in [0.15, 0.2) is 48.5 Å². The largest absolute Gasteiger partial charge is 0.343 e. The molecule has 40 heavy (non-hydrogen) atoms. The number of nitrogens with zero attached hydrogens (tertiary/aromatic N) is 3. The van der Waals surface area contributed by atoms with Crippen LogP contribution in [0.1, 0.15) is 83.0 Å². The molecule has 2 aromatic carbocycles. The van der Waals surface area contributed by atoms with Crippen LogP contribution in [-0.4, -0.2) is 60.2 Å². The van der Waals surface area contributed by atoms with Crippen molar-refractivity contribution in [3.63, 3.8) is 0 Å². The fourth-order valence-electron chi connectivity index (χ4n) is 6.22. The summed E-state index contributed by atoms with van der Waals surface area (Å²) in [7, 11) is 0. The van der Waals surface area contributed by atoms with E-state index in [0.29, 0.717) is 35.1 Å². The second-order valence-electron chi connectivity index (χ2n) is 12.0. The van der Waals surface area contributed by atoms with Crippen LogP contribution in [0.5, 0.6) is 0 Å². The summed E-state index contributed by atoms with van der Waals surface area (Å²) in [5.41, 5.74) is 2.20. The number of anilines is 3. The quantitative estimate of drug-likeness (QED) is 0.328. The minimum atomic E-state index is -0.279. The highest BCUT2D eigenvalue weighted by atomic mass is 16.2. The van der Waals surface area contributed by atoms with Gasteiger partial charge in [-0.15, -0.1) is 0 Å². The molecule has 3 amide bonds. The number of carbonyl (C=O) groups is 3. The van der Waals surface area contributed by atoms with Gasteiger partial charge in [0.15, 0.2) is 0 Å². The van der Waals surface area contributed by atoms with Gasteiger partial charge in [0.1, 0.15) is 0 Å². The number of hydrogen-bond acceptors (Lipinski definition) is 4. The highest BCUT2D eigenvalue weighted by molar-refractivity contribution is 6.17. The van der Waals surface area contributed by atoms with Crippen molar-refractivity contribution in [2.24, 2.45) is 11.3 Å². The van der Waals surface area contributed by atoms with Crippen LogP contribution in [0.3, 0.4) is 0 Å². The Hall–Kier alpha value is -3.19. The topological polar surface area (TPSA) is 73.0 Å². The van der Waals surface area contributed by atoms with Crippen LogP contribution in [-0.2, 0) is 9.59 Å². The summed E-state index contributed by atoms with van der Waals surface area (Å²) in [4.78, 5) is 45.5. The molecule has 1 fully saturated rings. The number of hydrogen-bond donors (Lipinski definition) is 1. The Morgan fingerprint density at radius 3 is 2.35 bits per heavy atom. The average molecular weight is 547 g/mol. The van der Waals surface area contributed by atoms with Crippen molar-refractivity contribution in [2.75, 3.05) is 42.9 Å². The lowest BCUT2D eigenvalue weighted by Gasteiger charge is -2.34. The van der Waals surface area contributed by atoms with Gasteiger partial charge < -0.3 is 10.2 Å². The maximum Gasteiger partial charge on any atom is 0.257 e. The van der Waals surface area contributed by atoms with Crippen LogP contribution < -0.4 is 10.2 Å². The maximum atomic E-state index is 13.7. The number of rotatable bonds is 11. The Labute approximate surface area is 239 Å². The number of nitrogens with one attached hydrogen (secondary N) is 1. The first-order chi connectivity index (χ1) is 19.2. The van der Waals surface area contributed by atoms with E-state index in [4.69, 9.17) is 0 Å². The summed E-state index contributed by atoms with van der Waals surface area (Å²) in [5.74, 6) is 0.722. The van der Waals surface area contributed by atoms with E-state index in [1.54, 1.807) is 11.0 Å². The molecule has 2 aliphatic heterocycles. The first-order valence-electron chi connectivity index (χ1n) is 15.1. The zero-order chi connectivity index (χ0) is 28.7. The third-order valence-corrected chi connectivity index (χ3v) is 8.51. The number of carbonyl (C=O) groups excluding carboxylic acids is 3. The lowest BCUT2D eigenvalue weighted by Crippen LogP contribution is -2.42. The molecule has 0 aliphatic carbocycles. The number of para-hydroxylation sites is 3. The second-order valence-corrected chi connectivity index (χ2v) is 12.0. The van der Waals surface area contributed by atoms with E-state index < -0.39 is 0 Å². The van der Waals surface area contributed by atoms with Crippen LogP contribution in [0.25, 0.3) is 0 Å². The summed E-state index contributed by atoms with van der Waals surface area (Å²) >= 11 is 0. The van der Waals surface area contributed by atoms with Crippen molar-refractivity contribution in [2.45, 2.75) is 72.6 Å². The van der Waals surface area contributed by atoms with Crippen LogP contribution >= 0.6 is 0 Å².